The van der Waals surface area contributed by atoms with E-state index in [1.54, 1.807) is 12.1 Å². The zero-order valence-electron chi connectivity index (χ0n) is 11.7. The van der Waals surface area contributed by atoms with Crippen LogP contribution in [0, 0.1) is 12.7 Å². The largest absolute Gasteiger partial charge is 0.326 e. The van der Waals surface area contributed by atoms with Gasteiger partial charge in [0.2, 0.25) is 0 Å². The molecule has 2 nitrogen and oxygen atoms in total. The summed E-state index contributed by atoms with van der Waals surface area (Å²) < 4.78 is 14.1. The summed E-state index contributed by atoms with van der Waals surface area (Å²) in [6, 6.07) is 5.30. The predicted molar refractivity (Wildman–Crippen MR) is 72.9 cm³/mol. The molecule has 0 amide bonds. The highest BCUT2D eigenvalue weighted by Crippen LogP contribution is 2.37. The van der Waals surface area contributed by atoms with Crippen LogP contribution in [-0.2, 0) is 0 Å². The van der Waals surface area contributed by atoms with Crippen molar-refractivity contribution in [1.29, 1.82) is 0 Å². The van der Waals surface area contributed by atoms with Crippen LogP contribution in [0.5, 0.6) is 0 Å². The third-order valence-corrected chi connectivity index (χ3v) is 3.78. The van der Waals surface area contributed by atoms with E-state index in [4.69, 9.17) is 5.73 Å². The summed E-state index contributed by atoms with van der Waals surface area (Å²) in [7, 11) is 0. The summed E-state index contributed by atoms with van der Waals surface area (Å²) in [6.45, 7) is 9.40. The van der Waals surface area contributed by atoms with Crippen LogP contribution >= 0.6 is 0 Å². The third kappa shape index (κ3) is 2.43. The van der Waals surface area contributed by atoms with E-state index in [0.717, 1.165) is 24.1 Å². The van der Waals surface area contributed by atoms with Crippen LogP contribution in [0.2, 0.25) is 0 Å². The quantitative estimate of drug-likeness (QED) is 0.830. The minimum atomic E-state index is -0.141. The molecule has 1 heterocycles. The molecular formula is C15H23FN2. The first kappa shape index (κ1) is 13.5. The van der Waals surface area contributed by atoms with E-state index in [1.165, 1.54) is 0 Å². The highest BCUT2D eigenvalue weighted by atomic mass is 19.1. The molecule has 0 aromatic heterocycles. The van der Waals surface area contributed by atoms with E-state index in [-0.39, 0.29) is 23.4 Å². The minimum Gasteiger partial charge on any atom is -0.326 e. The van der Waals surface area contributed by atoms with Crippen molar-refractivity contribution in [3.63, 3.8) is 0 Å². The van der Waals surface area contributed by atoms with Gasteiger partial charge in [0, 0.05) is 23.7 Å². The van der Waals surface area contributed by atoms with Crippen molar-refractivity contribution in [2.45, 2.75) is 51.7 Å². The van der Waals surface area contributed by atoms with Crippen LogP contribution in [0.3, 0.4) is 0 Å². The van der Waals surface area contributed by atoms with E-state index in [2.05, 4.69) is 25.7 Å². The monoisotopic (exact) mass is 250 g/mol. The molecule has 100 valence electrons. The van der Waals surface area contributed by atoms with Gasteiger partial charge in [-0.3, -0.25) is 4.90 Å². The fourth-order valence-electron chi connectivity index (χ4n) is 2.86. The SMILES string of the molecule is Cc1ccc(F)c(C2C(N)CCN2C(C)(C)C)c1. The number of halogens is 1. The molecule has 0 aliphatic carbocycles. The Morgan fingerprint density at radius 2 is 2.00 bits per heavy atom. The van der Waals surface area contributed by atoms with Crippen LogP contribution in [0.15, 0.2) is 18.2 Å². The van der Waals surface area contributed by atoms with Gasteiger partial charge < -0.3 is 5.73 Å². The molecule has 0 saturated carbocycles. The molecule has 0 spiro atoms. The van der Waals surface area contributed by atoms with Gasteiger partial charge in [0.1, 0.15) is 5.82 Å². The zero-order valence-corrected chi connectivity index (χ0v) is 11.7. The molecular weight excluding hydrogens is 227 g/mol. The molecule has 1 aromatic rings. The third-order valence-electron chi connectivity index (χ3n) is 3.78. The van der Waals surface area contributed by atoms with Crippen molar-refractivity contribution in [3.8, 4) is 0 Å². The van der Waals surface area contributed by atoms with E-state index in [0.29, 0.717) is 0 Å². The Labute approximate surface area is 109 Å². The Bertz CT molecular complexity index is 437. The first-order chi connectivity index (χ1) is 8.30. The van der Waals surface area contributed by atoms with Gasteiger partial charge in [-0.15, -0.1) is 0 Å². The van der Waals surface area contributed by atoms with Gasteiger partial charge in [-0.25, -0.2) is 4.39 Å². The smallest absolute Gasteiger partial charge is 0.128 e. The van der Waals surface area contributed by atoms with Crippen LogP contribution in [-0.4, -0.2) is 23.0 Å². The maximum absolute atomic E-state index is 14.1. The first-order valence-corrected chi connectivity index (χ1v) is 6.59. The summed E-state index contributed by atoms with van der Waals surface area (Å²) in [5.74, 6) is -0.141. The zero-order chi connectivity index (χ0) is 13.5. The van der Waals surface area contributed by atoms with Crippen LogP contribution in [0.25, 0.3) is 0 Å². The Morgan fingerprint density at radius 1 is 1.33 bits per heavy atom. The second-order valence-corrected chi connectivity index (χ2v) is 6.29. The summed E-state index contributed by atoms with van der Waals surface area (Å²) in [4.78, 5) is 2.32. The van der Waals surface area contributed by atoms with Gasteiger partial charge in [0.05, 0.1) is 6.04 Å². The lowest BCUT2D eigenvalue weighted by atomic mass is 9.95. The Balaban J connectivity index is 2.43. The fraction of sp³-hybridized carbons (Fsp3) is 0.600. The van der Waals surface area contributed by atoms with E-state index < -0.39 is 0 Å². The van der Waals surface area contributed by atoms with Crippen molar-refractivity contribution in [3.05, 3.63) is 35.1 Å². The number of nitrogens with zero attached hydrogens (tertiary/aromatic N) is 1. The summed E-state index contributed by atoms with van der Waals surface area (Å²) in [5.41, 5.74) is 8.05. The summed E-state index contributed by atoms with van der Waals surface area (Å²) in [5, 5.41) is 0. The van der Waals surface area contributed by atoms with Crippen LogP contribution in [0.4, 0.5) is 4.39 Å². The van der Waals surface area contributed by atoms with Crippen molar-refractivity contribution in [2.75, 3.05) is 6.54 Å². The molecule has 2 atom stereocenters. The number of likely N-dealkylation sites (tertiary alicyclic amines) is 1. The second kappa shape index (κ2) is 4.63. The highest BCUT2D eigenvalue weighted by Gasteiger charge is 2.39. The van der Waals surface area contributed by atoms with Gasteiger partial charge in [0.25, 0.3) is 0 Å². The number of nitrogens with two attached hydrogens (primary N) is 1. The van der Waals surface area contributed by atoms with E-state index in [1.807, 2.05) is 13.0 Å². The van der Waals surface area contributed by atoms with Gasteiger partial charge in [-0.1, -0.05) is 17.7 Å². The van der Waals surface area contributed by atoms with Crippen molar-refractivity contribution < 1.29 is 4.39 Å². The Hall–Kier alpha value is -0.930. The Morgan fingerprint density at radius 3 is 2.61 bits per heavy atom. The molecule has 1 saturated heterocycles. The van der Waals surface area contributed by atoms with Crippen LogP contribution in [0.1, 0.15) is 44.4 Å². The average Bonchev–Trinajstić information content (AvgIpc) is 2.63. The summed E-state index contributed by atoms with van der Waals surface area (Å²) >= 11 is 0. The van der Waals surface area contributed by atoms with Crippen LogP contribution < -0.4 is 5.73 Å². The van der Waals surface area contributed by atoms with Crippen molar-refractivity contribution in [2.24, 2.45) is 5.73 Å². The molecule has 2 rings (SSSR count). The van der Waals surface area contributed by atoms with Crippen molar-refractivity contribution >= 4 is 0 Å². The maximum Gasteiger partial charge on any atom is 0.128 e. The maximum atomic E-state index is 14.1. The fourth-order valence-corrected chi connectivity index (χ4v) is 2.86. The molecule has 2 unspecified atom stereocenters. The number of hydrogen-bond acceptors (Lipinski definition) is 2. The van der Waals surface area contributed by atoms with Gasteiger partial charge >= 0.3 is 0 Å². The molecule has 1 aliphatic rings. The molecule has 18 heavy (non-hydrogen) atoms. The summed E-state index contributed by atoms with van der Waals surface area (Å²) in [6.07, 6.45) is 0.926. The number of aryl methyl sites for hydroxylation is 1. The molecule has 1 fully saturated rings. The molecule has 3 heteroatoms. The highest BCUT2D eigenvalue weighted by molar-refractivity contribution is 5.29. The average molecular weight is 250 g/mol. The topological polar surface area (TPSA) is 29.3 Å². The van der Waals surface area contributed by atoms with Gasteiger partial charge in [-0.05, 0) is 40.2 Å². The van der Waals surface area contributed by atoms with Gasteiger partial charge in [-0.2, -0.15) is 0 Å². The molecule has 0 bridgehead atoms. The predicted octanol–water partition coefficient (Wildman–Crippen LogP) is 3.01. The second-order valence-electron chi connectivity index (χ2n) is 6.29. The number of benzene rings is 1. The first-order valence-electron chi connectivity index (χ1n) is 6.59. The number of hydrogen-bond donors (Lipinski definition) is 1. The lowest BCUT2D eigenvalue weighted by Gasteiger charge is -2.38. The van der Waals surface area contributed by atoms with E-state index >= 15 is 0 Å². The van der Waals surface area contributed by atoms with Crippen molar-refractivity contribution in [1.82, 2.24) is 4.90 Å². The minimum absolute atomic E-state index is 0.00890. The Kier molecular flexibility index (Phi) is 3.47. The molecule has 2 N–H and O–H groups in total. The number of rotatable bonds is 1. The van der Waals surface area contributed by atoms with E-state index in [9.17, 15) is 4.39 Å². The lowest BCUT2D eigenvalue weighted by molar-refractivity contribution is 0.115. The molecule has 1 aliphatic heterocycles. The standard InChI is InChI=1S/C15H23FN2/c1-10-5-6-12(16)11(9-10)14-13(17)7-8-18(14)15(2,3)4/h5-6,9,13-14H,7-8,17H2,1-4H3. The molecule has 0 radical (unpaired) electrons. The lowest BCUT2D eigenvalue weighted by Crippen LogP contribution is -2.43. The molecule has 1 aromatic carbocycles. The normalized spacial score (nSPS) is 25.7. The van der Waals surface area contributed by atoms with Gasteiger partial charge in [0.15, 0.2) is 0 Å².